The Balaban J connectivity index is 2.15. The third-order valence-electron chi connectivity index (χ3n) is 3.54. The van der Waals surface area contributed by atoms with Crippen molar-refractivity contribution in [1.82, 2.24) is 15.1 Å². The standard InChI is InChI=1S/C14H21N3S/c1-9(13-6-7-18-8-13)15-10(2)14-11(3)16-17(5)12(14)4/h6-10,15H,1-5H3. The van der Waals surface area contributed by atoms with Crippen LogP contribution in [0.1, 0.15) is 48.4 Å². The van der Waals surface area contributed by atoms with Crippen molar-refractivity contribution in [1.29, 1.82) is 0 Å². The van der Waals surface area contributed by atoms with Gasteiger partial charge in [-0.2, -0.15) is 16.4 Å². The van der Waals surface area contributed by atoms with Gasteiger partial charge in [-0.3, -0.25) is 4.68 Å². The van der Waals surface area contributed by atoms with Crippen molar-refractivity contribution in [2.45, 2.75) is 39.8 Å². The summed E-state index contributed by atoms with van der Waals surface area (Å²) < 4.78 is 1.96. The Morgan fingerprint density at radius 2 is 2.00 bits per heavy atom. The van der Waals surface area contributed by atoms with Gasteiger partial charge < -0.3 is 5.32 Å². The first-order chi connectivity index (χ1) is 8.50. The van der Waals surface area contributed by atoms with Crippen LogP contribution in [0, 0.1) is 13.8 Å². The highest BCUT2D eigenvalue weighted by atomic mass is 32.1. The smallest absolute Gasteiger partial charge is 0.0644 e. The molecular weight excluding hydrogens is 242 g/mol. The minimum absolute atomic E-state index is 0.314. The van der Waals surface area contributed by atoms with Crippen molar-refractivity contribution in [3.63, 3.8) is 0 Å². The van der Waals surface area contributed by atoms with Gasteiger partial charge in [-0.1, -0.05) is 0 Å². The summed E-state index contributed by atoms with van der Waals surface area (Å²) in [5, 5.41) is 12.5. The fourth-order valence-electron chi connectivity index (χ4n) is 2.49. The molecule has 0 aliphatic carbocycles. The molecule has 2 aromatic heterocycles. The highest BCUT2D eigenvalue weighted by molar-refractivity contribution is 7.07. The first kappa shape index (κ1) is 13.3. The minimum Gasteiger partial charge on any atom is -0.303 e. The lowest BCUT2D eigenvalue weighted by Crippen LogP contribution is -2.23. The molecule has 2 unspecified atom stereocenters. The molecule has 2 aromatic rings. The summed E-state index contributed by atoms with van der Waals surface area (Å²) in [6, 6.07) is 2.86. The van der Waals surface area contributed by atoms with Crippen LogP contribution >= 0.6 is 11.3 Å². The van der Waals surface area contributed by atoms with E-state index in [4.69, 9.17) is 0 Å². The summed E-state index contributed by atoms with van der Waals surface area (Å²) in [5.41, 5.74) is 5.03. The molecule has 2 atom stereocenters. The lowest BCUT2D eigenvalue weighted by atomic mass is 10.0. The minimum atomic E-state index is 0.314. The number of rotatable bonds is 4. The Morgan fingerprint density at radius 1 is 1.28 bits per heavy atom. The third-order valence-corrected chi connectivity index (χ3v) is 4.24. The van der Waals surface area contributed by atoms with E-state index < -0.39 is 0 Å². The molecule has 3 nitrogen and oxygen atoms in total. The van der Waals surface area contributed by atoms with Gasteiger partial charge in [0.2, 0.25) is 0 Å². The van der Waals surface area contributed by atoms with Gasteiger partial charge in [0.1, 0.15) is 0 Å². The first-order valence-electron chi connectivity index (χ1n) is 6.29. The normalized spacial score (nSPS) is 14.7. The van der Waals surface area contributed by atoms with Gasteiger partial charge in [0.15, 0.2) is 0 Å². The molecule has 0 spiro atoms. The maximum absolute atomic E-state index is 4.48. The van der Waals surface area contributed by atoms with Crippen LogP contribution in [0.3, 0.4) is 0 Å². The average molecular weight is 263 g/mol. The zero-order valence-corrected chi connectivity index (χ0v) is 12.5. The number of thiophene rings is 1. The molecule has 0 aliphatic rings. The Hall–Kier alpha value is -1.13. The van der Waals surface area contributed by atoms with E-state index in [9.17, 15) is 0 Å². The lowest BCUT2D eigenvalue weighted by Gasteiger charge is -2.20. The molecule has 0 bridgehead atoms. The number of aromatic nitrogens is 2. The first-order valence-corrected chi connectivity index (χ1v) is 7.23. The van der Waals surface area contributed by atoms with E-state index in [1.807, 2.05) is 11.7 Å². The molecule has 18 heavy (non-hydrogen) atoms. The van der Waals surface area contributed by atoms with Crippen molar-refractivity contribution in [2.75, 3.05) is 0 Å². The van der Waals surface area contributed by atoms with Crippen molar-refractivity contribution in [3.8, 4) is 0 Å². The molecule has 2 rings (SSSR count). The Labute approximate surface area is 113 Å². The van der Waals surface area contributed by atoms with Gasteiger partial charge in [-0.25, -0.2) is 0 Å². The second kappa shape index (κ2) is 5.24. The maximum atomic E-state index is 4.48. The second-order valence-electron chi connectivity index (χ2n) is 4.87. The molecule has 0 aromatic carbocycles. The van der Waals surface area contributed by atoms with E-state index >= 15 is 0 Å². The number of aryl methyl sites for hydroxylation is 2. The topological polar surface area (TPSA) is 29.9 Å². The summed E-state index contributed by atoms with van der Waals surface area (Å²) in [6.45, 7) is 8.62. The number of hydrogen-bond donors (Lipinski definition) is 1. The zero-order valence-electron chi connectivity index (χ0n) is 11.7. The quantitative estimate of drug-likeness (QED) is 0.915. The molecule has 0 amide bonds. The van der Waals surface area contributed by atoms with Crippen LogP contribution in [0.15, 0.2) is 16.8 Å². The van der Waals surface area contributed by atoms with Gasteiger partial charge in [0, 0.05) is 30.4 Å². The molecule has 0 radical (unpaired) electrons. The molecule has 0 saturated carbocycles. The highest BCUT2D eigenvalue weighted by Crippen LogP contribution is 2.24. The second-order valence-corrected chi connectivity index (χ2v) is 5.65. The van der Waals surface area contributed by atoms with Crippen LogP contribution < -0.4 is 5.32 Å². The van der Waals surface area contributed by atoms with Crippen LogP contribution in [-0.2, 0) is 7.05 Å². The van der Waals surface area contributed by atoms with E-state index in [0.717, 1.165) is 5.69 Å². The summed E-state index contributed by atoms with van der Waals surface area (Å²) >= 11 is 1.74. The zero-order chi connectivity index (χ0) is 13.3. The van der Waals surface area contributed by atoms with Crippen molar-refractivity contribution in [3.05, 3.63) is 39.3 Å². The highest BCUT2D eigenvalue weighted by Gasteiger charge is 2.18. The van der Waals surface area contributed by atoms with Crippen LogP contribution in [0.2, 0.25) is 0 Å². The molecule has 0 saturated heterocycles. The molecule has 0 aliphatic heterocycles. The van der Waals surface area contributed by atoms with Crippen LogP contribution in [0.4, 0.5) is 0 Å². The van der Waals surface area contributed by atoms with E-state index in [0.29, 0.717) is 12.1 Å². The van der Waals surface area contributed by atoms with Gasteiger partial charge in [-0.15, -0.1) is 0 Å². The molecule has 98 valence electrons. The molecular formula is C14H21N3S. The summed E-state index contributed by atoms with van der Waals surface area (Å²) in [6.07, 6.45) is 0. The Bertz CT molecular complexity index is 513. The summed E-state index contributed by atoms with van der Waals surface area (Å²) in [7, 11) is 2.00. The monoisotopic (exact) mass is 263 g/mol. The van der Waals surface area contributed by atoms with Gasteiger partial charge in [0.05, 0.1) is 5.69 Å². The predicted octanol–water partition coefficient (Wildman–Crippen LogP) is 3.51. The number of hydrogen-bond acceptors (Lipinski definition) is 3. The fourth-order valence-corrected chi connectivity index (χ4v) is 3.25. The van der Waals surface area contributed by atoms with E-state index in [-0.39, 0.29) is 0 Å². The SMILES string of the molecule is Cc1nn(C)c(C)c1C(C)NC(C)c1ccsc1. The Kier molecular flexibility index (Phi) is 3.88. The van der Waals surface area contributed by atoms with Crippen LogP contribution in [0.5, 0.6) is 0 Å². The number of nitrogens with one attached hydrogen (secondary N) is 1. The molecule has 1 N–H and O–H groups in total. The van der Waals surface area contributed by atoms with Crippen molar-refractivity contribution < 1.29 is 0 Å². The fraction of sp³-hybridized carbons (Fsp3) is 0.500. The van der Waals surface area contributed by atoms with Gasteiger partial charge in [0.25, 0.3) is 0 Å². The molecule has 4 heteroatoms. The summed E-state index contributed by atoms with van der Waals surface area (Å²) in [5.74, 6) is 0. The van der Waals surface area contributed by atoms with E-state index in [1.54, 1.807) is 11.3 Å². The largest absolute Gasteiger partial charge is 0.303 e. The van der Waals surface area contributed by atoms with Gasteiger partial charge in [-0.05, 0) is 50.1 Å². The van der Waals surface area contributed by atoms with E-state index in [1.165, 1.54) is 16.8 Å². The van der Waals surface area contributed by atoms with Crippen molar-refractivity contribution in [2.24, 2.45) is 7.05 Å². The van der Waals surface area contributed by atoms with E-state index in [2.05, 4.69) is 54.9 Å². The number of nitrogens with zero attached hydrogens (tertiary/aromatic N) is 2. The lowest BCUT2D eigenvalue weighted by molar-refractivity contribution is 0.492. The maximum Gasteiger partial charge on any atom is 0.0644 e. The molecule has 2 heterocycles. The summed E-state index contributed by atoms with van der Waals surface area (Å²) in [4.78, 5) is 0. The van der Waals surface area contributed by atoms with Crippen LogP contribution in [0.25, 0.3) is 0 Å². The third kappa shape index (κ3) is 2.49. The van der Waals surface area contributed by atoms with Crippen molar-refractivity contribution >= 4 is 11.3 Å². The Morgan fingerprint density at radius 3 is 2.50 bits per heavy atom. The molecule has 0 fully saturated rings. The van der Waals surface area contributed by atoms with Gasteiger partial charge >= 0.3 is 0 Å². The average Bonchev–Trinajstić information content (AvgIpc) is 2.88. The predicted molar refractivity (Wildman–Crippen MR) is 77.0 cm³/mol. The van der Waals surface area contributed by atoms with Crippen LogP contribution in [-0.4, -0.2) is 9.78 Å².